The Balaban J connectivity index is 1.06. The highest BCUT2D eigenvalue weighted by Gasteiger charge is 2.65. The molecule has 6 atom stereocenters. The first-order chi connectivity index (χ1) is 29.5. The summed E-state index contributed by atoms with van der Waals surface area (Å²) in [7, 11) is 3.51. The molecule has 3 saturated heterocycles. The van der Waals surface area contributed by atoms with Gasteiger partial charge < -0.3 is 39.2 Å². The summed E-state index contributed by atoms with van der Waals surface area (Å²) in [5.41, 5.74) is 4.24. The molecule has 3 N–H and O–H groups in total. The second-order valence-electron chi connectivity index (χ2n) is 18.8. The van der Waals surface area contributed by atoms with Crippen molar-refractivity contribution in [3.05, 3.63) is 105 Å². The molecular formula is C48H55N3O10S. The van der Waals surface area contributed by atoms with Crippen molar-refractivity contribution in [3.63, 3.8) is 0 Å². The molecule has 0 radical (unpaired) electrons. The van der Waals surface area contributed by atoms with Gasteiger partial charge in [0.1, 0.15) is 18.2 Å². The third-order valence-electron chi connectivity index (χ3n) is 13.5. The predicted molar refractivity (Wildman–Crippen MR) is 233 cm³/mol. The lowest BCUT2D eigenvalue weighted by molar-refractivity contribution is -0.164. The molecule has 2 bridgehead atoms. The highest BCUT2D eigenvalue weighted by molar-refractivity contribution is 7.99. The van der Waals surface area contributed by atoms with Crippen molar-refractivity contribution in [2.45, 2.75) is 101 Å². The van der Waals surface area contributed by atoms with Crippen LogP contribution >= 0.6 is 11.8 Å². The largest absolute Gasteiger partial charge is 0.504 e. The maximum Gasteiger partial charge on any atom is 0.408 e. The zero-order valence-electron chi connectivity index (χ0n) is 36.5. The minimum absolute atomic E-state index is 0.0182. The van der Waals surface area contributed by atoms with Gasteiger partial charge in [0.2, 0.25) is 6.79 Å². The highest BCUT2D eigenvalue weighted by atomic mass is 32.2. The van der Waals surface area contributed by atoms with E-state index < -0.39 is 58.8 Å². The predicted octanol–water partition coefficient (Wildman–Crippen LogP) is 6.28. The molecule has 0 spiro atoms. The minimum atomic E-state index is -2.04. The number of thioether (sulfide) groups is 1. The normalized spacial score (nSPS) is 26.9. The Kier molecular flexibility index (Phi) is 10.5. The van der Waals surface area contributed by atoms with Gasteiger partial charge in [0.15, 0.2) is 34.4 Å². The van der Waals surface area contributed by atoms with Crippen LogP contribution in [-0.4, -0.2) is 118 Å². The second-order valence-corrected chi connectivity index (χ2v) is 19.8. The Morgan fingerprint density at radius 2 is 1.71 bits per heavy atom. The number of methoxy groups -OCH3 is 1. The van der Waals surface area contributed by atoms with Crippen molar-refractivity contribution >= 4 is 29.6 Å². The molecule has 3 aromatic carbocycles. The highest BCUT2D eigenvalue weighted by Crippen LogP contribution is 2.58. The number of aliphatic hydroxyl groups is 1. The van der Waals surface area contributed by atoms with Crippen molar-refractivity contribution in [2.75, 3.05) is 45.6 Å². The topological polar surface area (TPSA) is 156 Å². The summed E-state index contributed by atoms with van der Waals surface area (Å²) in [6.07, 6.45) is -0.268. The summed E-state index contributed by atoms with van der Waals surface area (Å²) in [5, 5.41) is 27.5. The van der Waals surface area contributed by atoms with Crippen LogP contribution in [0.5, 0.6) is 11.5 Å². The van der Waals surface area contributed by atoms with E-state index in [2.05, 4.69) is 46.3 Å². The number of hydrogen-bond donors (Lipinski definition) is 3. The van der Waals surface area contributed by atoms with Crippen LogP contribution < -0.4 is 10.1 Å². The summed E-state index contributed by atoms with van der Waals surface area (Å²) in [5.74, 6) is 0.671. The van der Waals surface area contributed by atoms with Gasteiger partial charge in [0.05, 0.1) is 19.2 Å². The quantitative estimate of drug-likeness (QED) is 0.207. The number of piperidine rings is 1. The van der Waals surface area contributed by atoms with E-state index in [-0.39, 0.29) is 59.9 Å². The molecule has 10 rings (SSSR count). The lowest BCUT2D eigenvalue weighted by Gasteiger charge is -2.62. The molecule has 1 amide bonds. The molecule has 14 heteroatoms. The van der Waals surface area contributed by atoms with E-state index in [1.807, 2.05) is 44.3 Å². The van der Waals surface area contributed by atoms with Gasteiger partial charge in [-0.15, -0.1) is 0 Å². The van der Waals surface area contributed by atoms with Gasteiger partial charge >= 0.3 is 12.1 Å². The van der Waals surface area contributed by atoms with Gasteiger partial charge in [-0.05, 0) is 88.4 Å². The van der Waals surface area contributed by atoms with Gasteiger partial charge in [0.25, 0.3) is 0 Å². The van der Waals surface area contributed by atoms with Gasteiger partial charge in [-0.2, -0.15) is 11.8 Å². The number of benzene rings is 3. The van der Waals surface area contributed by atoms with E-state index in [9.17, 15) is 24.6 Å². The molecule has 0 saturated carbocycles. The Morgan fingerprint density at radius 3 is 2.37 bits per heavy atom. The summed E-state index contributed by atoms with van der Waals surface area (Å²) in [6, 6.07) is 15.8. The first-order valence-electron chi connectivity index (χ1n) is 21.2. The van der Waals surface area contributed by atoms with Crippen LogP contribution in [-0.2, 0) is 35.0 Å². The fraction of sp³-hybridized carbons (Fsp3) is 0.479. The number of carbonyl (C=O) groups excluding carboxylic acids is 3. The van der Waals surface area contributed by atoms with Crippen molar-refractivity contribution in [1.29, 1.82) is 0 Å². The first kappa shape index (κ1) is 42.3. The third kappa shape index (κ3) is 6.76. The Morgan fingerprint density at radius 1 is 1.05 bits per heavy atom. The molecule has 2 aliphatic carbocycles. The number of fused-ring (bicyclic) bond motifs is 6. The van der Waals surface area contributed by atoms with E-state index in [4.69, 9.17) is 23.7 Å². The van der Waals surface area contributed by atoms with E-state index in [1.54, 1.807) is 27.7 Å². The van der Waals surface area contributed by atoms with Crippen molar-refractivity contribution in [2.24, 2.45) is 0 Å². The number of nitrogens with zero attached hydrogens (tertiary/aromatic N) is 2. The number of aromatic hydroxyl groups is 1. The monoisotopic (exact) mass is 865 g/mol. The Hall–Kier alpha value is -5.02. The Bertz CT molecular complexity index is 2400. The SMILES string of the molecule is COc1c(C)cc2c(c1O)[C@@H]1C3CC4(O)C(=O)C(C)=C5OCOC5=C4[C@H](COC(=O)[C@H](CSCC4c5ccccc5-c5ccccc54)NC(=O)OC(C)(C)C)N3C(C)(C2)CN1C. The number of phenols is 1. The van der Waals surface area contributed by atoms with Crippen molar-refractivity contribution in [1.82, 2.24) is 15.1 Å². The Labute approximate surface area is 366 Å². The number of ether oxygens (including phenoxy) is 5. The third-order valence-corrected chi connectivity index (χ3v) is 14.6. The molecule has 7 aliphatic rings. The molecule has 328 valence electrons. The van der Waals surface area contributed by atoms with Crippen LogP contribution in [0.1, 0.15) is 80.8 Å². The number of Topliss-reactive ketones (excluding diaryl/α,β-unsaturated/α-hetero) is 1. The number of phenolic OH excluding ortho intramolecular Hbond substituents is 1. The standard InChI is InChI=1S/C48H55N3O10S/c1-25-17-27-18-47(6)23-50(7)38(36(27)39(52)40(25)57-8)34-19-48(56)37(42-41(59-24-60-42)26(2)43(48)53)35(51(34)47)20-58-44(54)33(49-45(55)61-46(3,4)5)22-62-21-32-30-15-11-9-13-28(30)29-14-10-12-16-31(29)32/h9-17,32-35,38,52,56H,18-24H2,1-8H3,(H,49,55)/t33-,34?,35-,38-,47?,48?/m0/s1. The van der Waals surface area contributed by atoms with E-state index in [0.717, 1.165) is 11.1 Å². The number of piperazine rings is 1. The number of aryl methyl sites for hydroxylation is 1. The van der Waals surface area contributed by atoms with Crippen LogP contribution in [0.3, 0.4) is 0 Å². The van der Waals surface area contributed by atoms with E-state index in [1.165, 1.54) is 41.1 Å². The van der Waals surface area contributed by atoms with E-state index in [0.29, 0.717) is 30.0 Å². The first-order valence-corrected chi connectivity index (χ1v) is 22.4. The van der Waals surface area contributed by atoms with Gasteiger partial charge in [0, 0.05) is 58.7 Å². The summed E-state index contributed by atoms with van der Waals surface area (Å²) < 4.78 is 29.6. The van der Waals surface area contributed by atoms with Crippen LogP contribution in [0.2, 0.25) is 0 Å². The molecule has 62 heavy (non-hydrogen) atoms. The van der Waals surface area contributed by atoms with Gasteiger partial charge in [-0.25, -0.2) is 9.59 Å². The fourth-order valence-corrected chi connectivity index (χ4v) is 12.5. The van der Waals surface area contributed by atoms with Crippen LogP contribution in [0.25, 0.3) is 11.1 Å². The number of ketones is 1. The second kappa shape index (κ2) is 15.4. The smallest absolute Gasteiger partial charge is 0.408 e. The van der Waals surface area contributed by atoms with Gasteiger partial charge in [-0.3, -0.25) is 14.6 Å². The van der Waals surface area contributed by atoms with Crippen molar-refractivity contribution in [3.8, 4) is 22.6 Å². The molecule has 5 aliphatic heterocycles. The summed E-state index contributed by atoms with van der Waals surface area (Å²) in [6.45, 7) is 11.0. The fourth-order valence-electron chi connectivity index (χ4n) is 11.3. The minimum Gasteiger partial charge on any atom is -0.504 e. The zero-order valence-corrected chi connectivity index (χ0v) is 37.3. The zero-order chi connectivity index (χ0) is 44.0. The van der Waals surface area contributed by atoms with Crippen LogP contribution in [0.15, 0.2) is 77.3 Å². The van der Waals surface area contributed by atoms with Gasteiger partial charge in [-0.1, -0.05) is 54.6 Å². The number of hydrogen-bond acceptors (Lipinski definition) is 13. The average Bonchev–Trinajstić information content (AvgIpc) is 3.76. The molecular weight excluding hydrogens is 811 g/mol. The molecule has 5 heterocycles. The number of rotatable bonds is 9. The maximum atomic E-state index is 14.6. The number of amides is 1. The van der Waals surface area contributed by atoms with Crippen molar-refractivity contribution < 1.29 is 48.3 Å². The molecule has 3 unspecified atom stereocenters. The summed E-state index contributed by atoms with van der Waals surface area (Å²) >= 11 is 1.54. The lowest BCUT2D eigenvalue weighted by atomic mass is 9.66. The van der Waals surface area contributed by atoms with Crippen LogP contribution in [0.4, 0.5) is 4.79 Å². The molecule has 0 aromatic heterocycles. The number of carbonyl (C=O) groups is 3. The average molecular weight is 866 g/mol. The number of alkyl carbamates (subject to hydrolysis) is 1. The maximum absolute atomic E-state index is 14.6. The molecule has 3 fully saturated rings. The number of likely N-dealkylation sites (N-methyl/N-ethyl adjacent to an activating group) is 1. The molecule has 3 aromatic rings. The van der Waals surface area contributed by atoms with Crippen LogP contribution in [0, 0.1) is 6.92 Å². The summed E-state index contributed by atoms with van der Waals surface area (Å²) in [4.78, 5) is 46.8. The number of nitrogens with one attached hydrogen (secondary N) is 1. The lowest BCUT2D eigenvalue weighted by Crippen LogP contribution is -2.74. The molecule has 13 nitrogen and oxygen atoms in total. The van der Waals surface area contributed by atoms with E-state index >= 15 is 0 Å². The number of esters is 1.